The molecule has 1 aliphatic carbocycles. The van der Waals surface area contributed by atoms with Gasteiger partial charge in [0, 0.05) is 24.0 Å². The van der Waals surface area contributed by atoms with E-state index in [9.17, 15) is 17.6 Å². The number of benzene rings is 2. The summed E-state index contributed by atoms with van der Waals surface area (Å²) < 4.78 is 92.8. The highest BCUT2D eigenvalue weighted by Gasteiger charge is 2.43. The lowest BCUT2D eigenvalue weighted by Crippen LogP contribution is -2.18. The standard InChI is InChI=1S/C25H27F4N3O3/c1-14(16-7-17(25(27,28)29)9-18(26)8-16)30-23-19-10-22(35-13-24(5-6-24)12-33-3)21(34-4)11-20(19)31-15(2)32-23/h7-11,14H,5-6,12-13H2,1-4H3,(H,30,31,32)/t14-/m1/s1/i4D3. The third kappa shape index (κ3) is 5.58. The molecule has 0 amide bonds. The van der Waals surface area contributed by atoms with Crippen molar-refractivity contribution in [3.8, 4) is 11.5 Å². The van der Waals surface area contributed by atoms with Crippen LogP contribution in [0.4, 0.5) is 23.4 Å². The van der Waals surface area contributed by atoms with E-state index in [4.69, 9.17) is 18.3 Å². The zero-order chi connectivity index (χ0) is 27.9. The molecule has 188 valence electrons. The lowest BCUT2D eigenvalue weighted by atomic mass is 10.0. The van der Waals surface area contributed by atoms with Crippen LogP contribution in [0.5, 0.6) is 11.5 Å². The molecule has 1 aliphatic rings. The SMILES string of the molecule is [2H]C([2H])([2H])Oc1cc2nc(C)nc(N[C@H](C)c3cc(F)cc(C(F)(F)F)c3)c2cc1OCC1(COC)CC1. The number of fused-ring (bicyclic) bond motifs is 1. The predicted molar refractivity (Wildman–Crippen MR) is 123 cm³/mol. The van der Waals surface area contributed by atoms with Gasteiger partial charge in [0.1, 0.15) is 17.5 Å². The number of alkyl halides is 3. The van der Waals surface area contributed by atoms with Crippen LogP contribution in [-0.2, 0) is 10.9 Å². The van der Waals surface area contributed by atoms with Crippen molar-refractivity contribution in [2.24, 2.45) is 5.41 Å². The molecule has 6 nitrogen and oxygen atoms in total. The molecule has 1 fully saturated rings. The number of hydrogen-bond acceptors (Lipinski definition) is 6. The Morgan fingerprint density at radius 3 is 2.54 bits per heavy atom. The van der Waals surface area contributed by atoms with Crippen molar-refractivity contribution in [2.45, 2.75) is 38.9 Å². The number of nitrogens with zero attached hydrogens (tertiary/aromatic N) is 2. The number of ether oxygens (including phenoxy) is 3. The fourth-order valence-corrected chi connectivity index (χ4v) is 3.91. The number of anilines is 1. The molecule has 1 saturated carbocycles. The van der Waals surface area contributed by atoms with Crippen molar-refractivity contribution < 1.29 is 35.9 Å². The van der Waals surface area contributed by atoms with Crippen LogP contribution < -0.4 is 14.8 Å². The van der Waals surface area contributed by atoms with Gasteiger partial charge in [-0.1, -0.05) is 0 Å². The molecule has 0 bridgehead atoms. The van der Waals surface area contributed by atoms with Gasteiger partial charge in [-0.05, 0) is 56.5 Å². The first-order valence-corrected chi connectivity index (χ1v) is 11.0. The van der Waals surface area contributed by atoms with Crippen molar-refractivity contribution in [2.75, 3.05) is 32.7 Å². The quantitative estimate of drug-likeness (QED) is 0.362. The van der Waals surface area contributed by atoms with Crippen molar-refractivity contribution in [1.29, 1.82) is 0 Å². The summed E-state index contributed by atoms with van der Waals surface area (Å²) in [5.74, 6) is -0.347. The first-order valence-electron chi connectivity index (χ1n) is 12.5. The molecule has 0 spiro atoms. The molecular formula is C25H27F4N3O3. The summed E-state index contributed by atoms with van der Waals surface area (Å²) in [6.07, 6.45) is -2.92. The van der Waals surface area contributed by atoms with Gasteiger partial charge >= 0.3 is 6.18 Å². The van der Waals surface area contributed by atoms with Gasteiger partial charge in [-0.2, -0.15) is 13.2 Å². The third-order valence-electron chi connectivity index (χ3n) is 6.03. The van der Waals surface area contributed by atoms with E-state index < -0.39 is 30.6 Å². The Labute approximate surface area is 204 Å². The van der Waals surface area contributed by atoms with Gasteiger partial charge in [-0.25, -0.2) is 14.4 Å². The Morgan fingerprint density at radius 2 is 1.89 bits per heavy atom. The average molecular weight is 497 g/mol. The summed E-state index contributed by atoms with van der Waals surface area (Å²) in [6, 6.07) is 4.50. The van der Waals surface area contributed by atoms with E-state index in [2.05, 4.69) is 15.3 Å². The molecule has 0 saturated heterocycles. The third-order valence-corrected chi connectivity index (χ3v) is 6.03. The minimum absolute atomic E-state index is 0.0391. The van der Waals surface area contributed by atoms with E-state index in [-0.39, 0.29) is 34.9 Å². The van der Waals surface area contributed by atoms with Gasteiger partial charge in [-0.15, -0.1) is 0 Å². The molecule has 4 rings (SSSR count). The molecule has 1 heterocycles. The summed E-state index contributed by atoms with van der Waals surface area (Å²) in [5, 5.41) is 3.45. The number of nitrogens with one attached hydrogen (secondary N) is 1. The van der Waals surface area contributed by atoms with E-state index in [0.717, 1.165) is 25.0 Å². The lowest BCUT2D eigenvalue weighted by molar-refractivity contribution is -0.137. The van der Waals surface area contributed by atoms with E-state index in [1.165, 1.54) is 12.1 Å². The summed E-state index contributed by atoms with van der Waals surface area (Å²) in [4.78, 5) is 8.75. The van der Waals surface area contributed by atoms with Gasteiger partial charge < -0.3 is 19.5 Å². The number of aryl methyl sites for hydroxylation is 1. The van der Waals surface area contributed by atoms with Crippen LogP contribution in [0.15, 0.2) is 30.3 Å². The molecule has 10 heteroatoms. The lowest BCUT2D eigenvalue weighted by Gasteiger charge is -2.20. The van der Waals surface area contributed by atoms with E-state index in [1.807, 2.05) is 0 Å². The van der Waals surface area contributed by atoms with Crippen molar-refractivity contribution in [1.82, 2.24) is 9.97 Å². The maximum Gasteiger partial charge on any atom is 0.416 e. The Morgan fingerprint density at radius 1 is 1.11 bits per heavy atom. The molecule has 0 radical (unpaired) electrons. The van der Waals surface area contributed by atoms with Gasteiger partial charge in [-0.3, -0.25) is 0 Å². The molecule has 35 heavy (non-hydrogen) atoms. The molecule has 2 aromatic carbocycles. The van der Waals surface area contributed by atoms with E-state index in [1.54, 1.807) is 21.0 Å². The van der Waals surface area contributed by atoms with Gasteiger partial charge in [0.05, 0.1) is 41.5 Å². The van der Waals surface area contributed by atoms with Crippen LogP contribution in [0, 0.1) is 18.2 Å². The van der Waals surface area contributed by atoms with Crippen LogP contribution in [0.1, 0.15) is 46.9 Å². The smallest absolute Gasteiger partial charge is 0.416 e. The summed E-state index contributed by atoms with van der Waals surface area (Å²) in [5.41, 5.74) is -0.881. The predicted octanol–water partition coefficient (Wildman–Crippen LogP) is 6.08. The number of halogens is 4. The number of hydrogen-bond donors (Lipinski definition) is 1. The fraction of sp³-hybridized carbons (Fsp3) is 0.440. The van der Waals surface area contributed by atoms with Crippen LogP contribution in [0.2, 0.25) is 0 Å². The highest BCUT2D eigenvalue weighted by atomic mass is 19.4. The number of aromatic nitrogens is 2. The number of rotatable bonds is 9. The summed E-state index contributed by atoms with van der Waals surface area (Å²) >= 11 is 0. The van der Waals surface area contributed by atoms with Gasteiger partial charge in [0.25, 0.3) is 0 Å². The Balaban J connectivity index is 1.72. The van der Waals surface area contributed by atoms with Gasteiger partial charge in [0.15, 0.2) is 11.5 Å². The second-order valence-corrected chi connectivity index (χ2v) is 8.90. The zero-order valence-corrected chi connectivity index (χ0v) is 19.4. The molecule has 0 unspecified atom stereocenters. The largest absolute Gasteiger partial charge is 0.493 e. The molecule has 1 N–H and O–H groups in total. The Kier molecular flexibility index (Phi) is 5.74. The zero-order valence-electron chi connectivity index (χ0n) is 22.4. The van der Waals surface area contributed by atoms with Crippen LogP contribution in [0.3, 0.4) is 0 Å². The summed E-state index contributed by atoms with van der Waals surface area (Å²) in [6.45, 7) is 3.92. The Hall–Kier alpha value is -3.14. The van der Waals surface area contributed by atoms with E-state index >= 15 is 0 Å². The normalized spacial score (nSPS) is 17.3. The molecule has 0 aliphatic heterocycles. The average Bonchev–Trinajstić information content (AvgIpc) is 3.55. The Bertz CT molecular complexity index is 1330. The van der Waals surface area contributed by atoms with Crippen LogP contribution in [-0.4, -0.2) is 37.3 Å². The fourth-order valence-electron chi connectivity index (χ4n) is 3.91. The highest BCUT2D eigenvalue weighted by molar-refractivity contribution is 5.92. The maximum absolute atomic E-state index is 14.0. The minimum atomic E-state index is -4.71. The second kappa shape index (κ2) is 9.49. The van der Waals surface area contributed by atoms with Crippen molar-refractivity contribution in [3.63, 3.8) is 0 Å². The molecule has 1 aromatic heterocycles. The molecular weight excluding hydrogens is 466 g/mol. The van der Waals surface area contributed by atoms with Gasteiger partial charge in [0.2, 0.25) is 0 Å². The highest BCUT2D eigenvalue weighted by Crippen LogP contribution is 2.47. The van der Waals surface area contributed by atoms with Crippen molar-refractivity contribution in [3.05, 3.63) is 53.1 Å². The maximum atomic E-state index is 14.0. The van der Waals surface area contributed by atoms with Crippen LogP contribution >= 0.6 is 0 Å². The first-order chi connectivity index (χ1) is 17.7. The summed E-state index contributed by atoms with van der Waals surface area (Å²) in [7, 11) is -1.16. The minimum Gasteiger partial charge on any atom is -0.493 e. The number of methoxy groups -OCH3 is 2. The topological polar surface area (TPSA) is 65.5 Å². The second-order valence-electron chi connectivity index (χ2n) is 8.90. The molecule has 3 aromatic rings. The van der Waals surface area contributed by atoms with Crippen LogP contribution in [0.25, 0.3) is 10.9 Å². The molecule has 1 atom stereocenters. The van der Waals surface area contributed by atoms with Crippen molar-refractivity contribution >= 4 is 16.7 Å². The van der Waals surface area contributed by atoms with E-state index in [0.29, 0.717) is 29.4 Å². The first kappa shape index (κ1) is 21.2. The monoisotopic (exact) mass is 496 g/mol.